The van der Waals surface area contributed by atoms with Gasteiger partial charge in [0, 0.05) is 32.4 Å². The van der Waals surface area contributed by atoms with E-state index in [-0.39, 0.29) is 24.0 Å². The molecule has 5 nitrogen and oxygen atoms in total. The second kappa shape index (κ2) is 9.01. The number of aromatic nitrogens is 1. The maximum Gasteiger partial charge on any atom is 0.417 e. The van der Waals surface area contributed by atoms with Gasteiger partial charge in [-0.25, -0.2) is 4.98 Å². The van der Waals surface area contributed by atoms with Crippen molar-refractivity contribution < 1.29 is 13.2 Å². The van der Waals surface area contributed by atoms with Gasteiger partial charge in [0.2, 0.25) is 0 Å². The van der Waals surface area contributed by atoms with Crippen molar-refractivity contribution >= 4 is 35.8 Å². The van der Waals surface area contributed by atoms with Crippen LogP contribution in [0.4, 0.5) is 19.0 Å². The first kappa shape index (κ1) is 18.8. The third-order valence-corrected chi connectivity index (χ3v) is 2.94. The molecule has 0 aliphatic carbocycles. The van der Waals surface area contributed by atoms with E-state index >= 15 is 0 Å². The van der Waals surface area contributed by atoms with Gasteiger partial charge in [0.15, 0.2) is 5.96 Å². The van der Waals surface area contributed by atoms with Gasteiger partial charge >= 0.3 is 6.18 Å². The number of nitrogens with one attached hydrogen (secondary N) is 3. The molecule has 0 aromatic carbocycles. The van der Waals surface area contributed by atoms with Crippen LogP contribution in [0.25, 0.3) is 0 Å². The molecular formula is C13H19F3IN5. The fraction of sp³-hybridized carbons (Fsp3) is 0.538. The molecule has 0 atom stereocenters. The summed E-state index contributed by atoms with van der Waals surface area (Å²) in [7, 11) is 0. The molecule has 0 bridgehead atoms. The van der Waals surface area contributed by atoms with Gasteiger partial charge in [0.05, 0.1) is 5.56 Å². The first-order valence-electron chi connectivity index (χ1n) is 6.85. The van der Waals surface area contributed by atoms with Gasteiger partial charge in [-0.05, 0) is 25.0 Å². The maximum atomic E-state index is 12.4. The minimum absolute atomic E-state index is 0. The van der Waals surface area contributed by atoms with Gasteiger partial charge in [-0.3, -0.25) is 4.99 Å². The van der Waals surface area contributed by atoms with E-state index in [2.05, 4.69) is 25.9 Å². The Balaban J connectivity index is 0.00000242. The Morgan fingerprint density at radius 3 is 2.55 bits per heavy atom. The van der Waals surface area contributed by atoms with Gasteiger partial charge in [-0.2, -0.15) is 13.2 Å². The van der Waals surface area contributed by atoms with Crippen LogP contribution in [0.2, 0.25) is 0 Å². The smallest absolute Gasteiger partial charge is 0.370 e. The molecule has 0 saturated heterocycles. The van der Waals surface area contributed by atoms with Crippen molar-refractivity contribution in [3.63, 3.8) is 0 Å². The van der Waals surface area contributed by atoms with Crippen molar-refractivity contribution in [3.8, 4) is 0 Å². The molecule has 1 aliphatic heterocycles. The van der Waals surface area contributed by atoms with Gasteiger partial charge in [0.25, 0.3) is 0 Å². The van der Waals surface area contributed by atoms with Crippen LogP contribution in [0, 0.1) is 0 Å². The first-order valence-corrected chi connectivity index (χ1v) is 6.85. The molecule has 2 heterocycles. The highest BCUT2D eigenvalue weighted by molar-refractivity contribution is 14.0. The van der Waals surface area contributed by atoms with Crippen LogP contribution in [0.3, 0.4) is 0 Å². The number of pyridine rings is 1. The van der Waals surface area contributed by atoms with Crippen LogP contribution < -0.4 is 16.0 Å². The van der Waals surface area contributed by atoms with Crippen LogP contribution >= 0.6 is 24.0 Å². The van der Waals surface area contributed by atoms with E-state index in [1.807, 2.05) is 0 Å². The quantitative estimate of drug-likeness (QED) is 0.498. The number of hydrogen-bond donors (Lipinski definition) is 3. The van der Waals surface area contributed by atoms with E-state index in [9.17, 15) is 13.2 Å². The van der Waals surface area contributed by atoms with Crippen molar-refractivity contribution in [1.82, 2.24) is 15.6 Å². The Morgan fingerprint density at radius 1 is 1.18 bits per heavy atom. The van der Waals surface area contributed by atoms with E-state index in [0.717, 1.165) is 50.7 Å². The summed E-state index contributed by atoms with van der Waals surface area (Å²) in [6.45, 7) is 3.13. The van der Waals surface area contributed by atoms with Crippen LogP contribution in [0.1, 0.15) is 18.4 Å². The zero-order valence-corrected chi connectivity index (χ0v) is 14.2. The molecule has 22 heavy (non-hydrogen) atoms. The number of rotatable bonds is 5. The number of nitrogens with zero attached hydrogens (tertiary/aromatic N) is 2. The van der Waals surface area contributed by atoms with Gasteiger partial charge in [0.1, 0.15) is 5.82 Å². The fourth-order valence-corrected chi connectivity index (χ4v) is 1.83. The number of anilines is 1. The predicted molar refractivity (Wildman–Crippen MR) is 90.7 cm³/mol. The summed E-state index contributed by atoms with van der Waals surface area (Å²) in [4.78, 5) is 8.02. The average molecular weight is 429 g/mol. The average Bonchev–Trinajstić information content (AvgIpc) is 2.47. The molecule has 0 spiro atoms. The predicted octanol–water partition coefficient (Wildman–Crippen LogP) is 2.46. The summed E-state index contributed by atoms with van der Waals surface area (Å²) < 4.78 is 37.1. The zero-order valence-electron chi connectivity index (χ0n) is 11.9. The van der Waals surface area contributed by atoms with Crippen LogP contribution in [0.15, 0.2) is 23.3 Å². The molecule has 124 valence electrons. The lowest BCUT2D eigenvalue weighted by molar-refractivity contribution is -0.137. The van der Waals surface area contributed by atoms with E-state index in [1.54, 1.807) is 0 Å². The number of hydrogen-bond acceptors (Lipinski definition) is 5. The Morgan fingerprint density at radius 2 is 1.95 bits per heavy atom. The SMILES string of the molecule is FC(F)(F)c1ccc(NCCCNC2=NCCCN2)nc1.I. The first-order chi connectivity index (χ1) is 10.1. The number of aliphatic imine (C=N–C) groups is 1. The largest absolute Gasteiger partial charge is 0.417 e. The minimum Gasteiger partial charge on any atom is -0.370 e. The van der Waals surface area contributed by atoms with Gasteiger partial charge < -0.3 is 16.0 Å². The number of halogens is 4. The van der Waals surface area contributed by atoms with Crippen molar-refractivity contribution in [2.24, 2.45) is 4.99 Å². The minimum atomic E-state index is -4.34. The molecule has 0 unspecified atom stereocenters. The highest BCUT2D eigenvalue weighted by Gasteiger charge is 2.30. The molecule has 0 amide bonds. The zero-order chi connectivity index (χ0) is 15.1. The molecule has 1 aromatic heterocycles. The summed E-state index contributed by atoms with van der Waals surface area (Å²) in [6, 6.07) is 2.36. The third kappa shape index (κ3) is 6.24. The van der Waals surface area contributed by atoms with Crippen molar-refractivity contribution in [3.05, 3.63) is 23.9 Å². The lowest BCUT2D eigenvalue weighted by Crippen LogP contribution is -2.41. The van der Waals surface area contributed by atoms with Crippen molar-refractivity contribution in [2.75, 3.05) is 31.5 Å². The van der Waals surface area contributed by atoms with Crippen molar-refractivity contribution in [2.45, 2.75) is 19.0 Å². The third-order valence-electron chi connectivity index (χ3n) is 2.94. The Bertz CT molecular complexity index is 476. The molecule has 3 N–H and O–H groups in total. The highest BCUT2D eigenvalue weighted by atomic mass is 127. The summed E-state index contributed by atoms with van der Waals surface area (Å²) in [6.07, 6.45) is -1.65. The van der Waals surface area contributed by atoms with E-state index in [1.165, 1.54) is 6.07 Å². The standard InChI is InChI=1S/C13H18F3N5.HI/c14-13(15,16)10-3-4-11(21-9-10)17-5-1-6-18-12-19-7-2-8-20-12;/h3-4,9H,1-2,5-8H2,(H,17,21)(H2,18,19,20);1H. The molecule has 1 aliphatic rings. The maximum absolute atomic E-state index is 12.4. The monoisotopic (exact) mass is 429 g/mol. The van der Waals surface area contributed by atoms with Crippen LogP contribution in [0.5, 0.6) is 0 Å². The lowest BCUT2D eigenvalue weighted by Gasteiger charge is -2.16. The number of guanidine groups is 1. The second-order valence-electron chi connectivity index (χ2n) is 4.65. The Kier molecular flexibility index (Phi) is 7.69. The Hall–Kier alpha value is -1.26. The molecule has 0 radical (unpaired) electrons. The van der Waals surface area contributed by atoms with E-state index in [4.69, 9.17) is 0 Å². The summed E-state index contributed by atoms with van der Waals surface area (Å²) in [5.41, 5.74) is -0.740. The molecule has 9 heteroatoms. The number of alkyl halides is 3. The molecule has 2 rings (SSSR count). The van der Waals surface area contributed by atoms with Gasteiger partial charge in [-0.15, -0.1) is 24.0 Å². The van der Waals surface area contributed by atoms with Crippen molar-refractivity contribution in [1.29, 1.82) is 0 Å². The Labute approximate surface area is 144 Å². The topological polar surface area (TPSA) is 61.3 Å². The summed E-state index contributed by atoms with van der Waals surface area (Å²) in [5, 5.41) is 9.30. The van der Waals surface area contributed by atoms with E-state index < -0.39 is 11.7 Å². The van der Waals surface area contributed by atoms with E-state index in [0.29, 0.717) is 12.4 Å². The summed E-state index contributed by atoms with van der Waals surface area (Å²) in [5.74, 6) is 1.25. The summed E-state index contributed by atoms with van der Waals surface area (Å²) >= 11 is 0. The second-order valence-corrected chi connectivity index (χ2v) is 4.65. The normalized spacial score (nSPS) is 14.4. The van der Waals surface area contributed by atoms with Crippen LogP contribution in [-0.4, -0.2) is 37.1 Å². The van der Waals surface area contributed by atoms with Gasteiger partial charge in [-0.1, -0.05) is 0 Å². The molecule has 1 aromatic rings. The van der Waals surface area contributed by atoms with Crippen LogP contribution in [-0.2, 0) is 6.18 Å². The highest BCUT2D eigenvalue weighted by Crippen LogP contribution is 2.28. The fourth-order valence-electron chi connectivity index (χ4n) is 1.83. The molecular weight excluding hydrogens is 410 g/mol. The molecule has 0 fully saturated rings. The molecule has 0 saturated carbocycles. The lowest BCUT2D eigenvalue weighted by atomic mass is 10.3.